The van der Waals surface area contributed by atoms with Crippen molar-refractivity contribution in [2.45, 2.75) is 12.8 Å². The van der Waals surface area contributed by atoms with E-state index in [4.69, 9.17) is 11.6 Å². The number of nitrogens with zero attached hydrogens (tertiary/aromatic N) is 2. The quantitative estimate of drug-likeness (QED) is 0.575. The molecule has 3 aromatic rings. The van der Waals surface area contributed by atoms with Gasteiger partial charge in [-0.1, -0.05) is 48.0 Å². The Morgan fingerprint density at radius 3 is 2.66 bits per heavy atom. The predicted octanol–water partition coefficient (Wildman–Crippen LogP) is 4.61. The molecule has 3 rings (SSSR count). The minimum absolute atomic E-state index is 0.143. The summed E-state index contributed by atoms with van der Waals surface area (Å²) in [5.74, 6) is -2.38. The van der Waals surface area contributed by atoms with Gasteiger partial charge in [-0.2, -0.15) is 5.26 Å². The first-order valence-corrected chi connectivity index (χ1v) is 9.94. The van der Waals surface area contributed by atoms with E-state index in [1.54, 1.807) is 35.7 Å². The van der Waals surface area contributed by atoms with E-state index in [1.165, 1.54) is 11.3 Å². The third-order valence-corrected chi connectivity index (χ3v) is 5.37. The van der Waals surface area contributed by atoms with Crippen molar-refractivity contribution < 1.29 is 14.7 Å². The maximum Gasteiger partial charge on any atom is 0.304 e. The second-order valence-corrected chi connectivity index (χ2v) is 7.54. The molecule has 8 heteroatoms. The first-order chi connectivity index (χ1) is 14.0. The molecule has 146 valence electrons. The van der Waals surface area contributed by atoms with Gasteiger partial charge in [-0.25, -0.2) is 4.98 Å². The number of aliphatic carboxylic acids is 1. The van der Waals surface area contributed by atoms with Crippen LogP contribution in [0.25, 0.3) is 11.3 Å². The summed E-state index contributed by atoms with van der Waals surface area (Å²) in [6.45, 7) is 0. The fourth-order valence-corrected chi connectivity index (χ4v) is 3.82. The fraction of sp³-hybridized carbons (Fsp3) is 0.143. The number of carboxylic acid groups (broad SMARTS) is 1. The highest BCUT2D eigenvalue weighted by atomic mass is 35.5. The molecule has 29 heavy (non-hydrogen) atoms. The van der Waals surface area contributed by atoms with Crippen LogP contribution in [0.3, 0.4) is 0 Å². The molecule has 6 nitrogen and oxygen atoms in total. The summed E-state index contributed by atoms with van der Waals surface area (Å²) in [4.78, 5) is 28.4. The summed E-state index contributed by atoms with van der Waals surface area (Å²) in [5, 5.41) is 23.8. The van der Waals surface area contributed by atoms with Crippen molar-refractivity contribution in [3.05, 3.63) is 70.1 Å². The van der Waals surface area contributed by atoms with Gasteiger partial charge in [-0.3, -0.25) is 9.59 Å². The molecular formula is C21H16ClN3O3S. The summed E-state index contributed by atoms with van der Waals surface area (Å²) in [6, 6.07) is 16.1. The van der Waals surface area contributed by atoms with Gasteiger partial charge in [-0.15, -0.1) is 11.3 Å². The number of thiazole rings is 1. The Bertz CT molecular complexity index is 1090. The van der Waals surface area contributed by atoms with Crippen LogP contribution in [0.5, 0.6) is 0 Å². The van der Waals surface area contributed by atoms with E-state index in [-0.39, 0.29) is 12.8 Å². The highest BCUT2D eigenvalue weighted by Gasteiger charge is 2.24. The molecule has 0 radical (unpaired) electrons. The van der Waals surface area contributed by atoms with Crippen LogP contribution in [0, 0.1) is 17.2 Å². The maximum atomic E-state index is 12.7. The monoisotopic (exact) mass is 425 g/mol. The van der Waals surface area contributed by atoms with Crippen LogP contribution >= 0.6 is 22.9 Å². The van der Waals surface area contributed by atoms with E-state index in [2.05, 4.69) is 16.4 Å². The number of hydrogen-bond acceptors (Lipinski definition) is 5. The van der Waals surface area contributed by atoms with Gasteiger partial charge >= 0.3 is 5.97 Å². The van der Waals surface area contributed by atoms with Crippen molar-refractivity contribution >= 4 is 39.9 Å². The van der Waals surface area contributed by atoms with Crippen molar-refractivity contribution in [2.75, 3.05) is 5.32 Å². The molecule has 0 aliphatic rings. The zero-order valence-electron chi connectivity index (χ0n) is 15.1. The molecule has 0 saturated carbocycles. The Balaban J connectivity index is 1.78. The van der Waals surface area contributed by atoms with E-state index in [0.717, 1.165) is 5.56 Å². The molecule has 0 spiro atoms. The Kier molecular flexibility index (Phi) is 6.60. The molecule has 1 atom stereocenters. The van der Waals surface area contributed by atoms with Crippen molar-refractivity contribution in [2.24, 2.45) is 5.92 Å². The normalized spacial score (nSPS) is 11.4. The van der Waals surface area contributed by atoms with E-state index >= 15 is 0 Å². The van der Waals surface area contributed by atoms with Crippen LogP contribution in [-0.2, 0) is 16.0 Å². The van der Waals surface area contributed by atoms with E-state index in [9.17, 15) is 20.0 Å². The van der Waals surface area contributed by atoms with Crippen molar-refractivity contribution in [1.82, 2.24) is 4.98 Å². The van der Waals surface area contributed by atoms with E-state index in [0.29, 0.717) is 27.0 Å². The Hall–Kier alpha value is -3.21. The van der Waals surface area contributed by atoms with Gasteiger partial charge in [0.1, 0.15) is 0 Å². The minimum atomic E-state index is -1.09. The zero-order valence-corrected chi connectivity index (χ0v) is 16.7. The van der Waals surface area contributed by atoms with Crippen LogP contribution in [0.2, 0.25) is 5.02 Å². The lowest BCUT2D eigenvalue weighted by Crippen LogP contribution is -2.27. The Morgan fingerprint density at radius 2 is 1.93 bits per heavy atom. The average molecular weight is 426 g/mol. The maximum absolute atomic E-state index is 12.7. The van der Waals surface area contributed by atoms with Gasteiger partial charge in [0.2, 0.25) is 5.91 Å². The number of anilines is 1. The number of aromatic nitrogens is 1. The SMILES string of the molecule is N#Cc1ccccc1C[C@H](CC(=O)O)C(=O)Nc1nc(-c2ccccc2Cl)cs1. The fourth-order valence-electron chi connectivity index (χ4n) is 2.87. The molecule has 0 fully saturated rings. The number of nitrogens with one attached hydrogen (secondary N) is 1. The molecule has 2 N–H and O–H groups in total. The highest BCUT2D eigenvalue weighted by molar-refractivity contribution is 7.14. The number of halogens is 1. The van der Waals surface area contributed by atoms with E-state index < -0.39 is 17.8 Å². The van der Waals surface area contributed by atoms with Gasteiger partial charge in [0.05, 0.1) is 29.7 Å². The van der Waals surface area contributed by atoms with Gasteiger partial charge in [0.15, 0.2) is 5.13 Å². The largest absolute Gasteiger partial charge is 0.481 e. The highest BCUT2D eigenvalue weighted by Crippen LogP contribution is 2.30. The lowest BCUT2D eigenvalue weighted by Gasteiger charge is -2.14. The smallest absolute Gasteiger partial charge is 0.304 e. The van der Waals surface area contributed by atoms with Crippen molar-refractivity contribution in [3.63, 3.8) is 0 Å². The van der Waals surface area contributed by atoms with Crippen LogP contribution in [0.15, 0.2) is 53.9 Å². The second kappa shape index (κ2) is 9.32. The topological polar surface area (TPSA) is 103 Å². The molecule has 0 aliphatic heterocycles. The summed E-state index contributed by atoms with van der Waals surface area (Å²) < 4.78 is 0. The van der Waals surface area contributed by atoms with Gasteiger partial charge in [0, 0.05) is 16.0 Å². The molecule has 0 saturated heterocycles. The molecule has 2 aromatic carbocycles. The zero-order chi connectivity index (χ0) is 20.8. The van der Waals surface area contributed by atoms with Gasteiger partial charge in [-0.05, 0) is 24.1 Å². The number of hydrogen-bond donors (Lipinski definition) is 2. The van der Waals surface area contributed by atoms with Gasteiger partial charge in [0.25, 0.3) is 0 Å². The molecular weight excluding hydrogens is 410 g/mol. The van der Waals surface area contributed by atoms with Crippen molar-refractivity contribution in [3.8, 4) is 17.3 Å². The van der Waals surface area contributed by atoms with Crippen molar-refractivity contribution in [1.29, 1.82) is 5.26 Å². The third kappa shape index (κ3) is 5.19. The Labute approximate surface area is 176 Å². The van der Waals surface area contributed by atoms with Crippen LogP contribution in [0.1, 0.15) is 17.5 Å². The summed E-state index contributed by atoms with van der Waals surface area (Å²) in [7, 11) is 0. The second-order valence-electron chi connectivity index (χ2n) is 6.27. The molecule has 1 aromatic heterocycles. The molecule has 0 unspecified atom stereocenters. The lowest BCUT2D eigenvalue weighted by atomic mass is 9.93. The number of rotatable bonds is 7. The van der Waals surface area contributed by atoms with Gasteiger partial charge < -0.3 is 10.4 Å². The Morgan fingerprint density at radius 1 is 1.21 bits per heavy atom. The average Bonchev–Trinajstić information content (AvgIpc) is 3.16. The first-order valence-electron chi connectivity index (χ1n) is 8.69. The molecule has 1 heterocycles. The third-order valence-electron chi connectivity index (χ3n) is 4.28. The first kappa shape index (κ1) is 20.5. The molecule has 0 aliphatic carbocycles. The molecule has 0 bridgehead atoms. The number of nitriles is 1. The number of carboxylic acids is 1. The van der Waals surface area contributed by atoms with Crippen LogP contribution < -0.4 is 5.32 Å². The minimum Gasteiger partial charge on any atom is -0.481 e. The summed E-state index contributed by atoms with van der Waals surface area (Å²) >= 11 is 7.42. The standard InChI is InChI=1S/C21H16ClN3O3S/c22-17-8-4-3-7-16(17)18-12-29-21(24-18)25-20(28)15(10-19(26)27)9-13-5-1-2-6-14(13)11-23/h1-8,12,15H,9-10H2,(H,26,27)(H,24,25,28)/t15-/m1/s1. The lowest BCUT2D eigenvalue weighted by molar-refractivity contribution is -0.140. The summed E-state index contributed by atoms with van der Waals surface area (Å²) in [5.41, 5.74) is 2.43. The predicted molar refractivity (Wildman–Crippen MR) is 112 cm³/mol. The summed E-state index contributed by atoms with van der Waals surface area (Å²) in [6.07, 6.45) is -0.209. The molecule has 1 amide bonds. The van der Waals surface area contributed by atoms with Crippen LogP contribution in [0.4, 0.5) is 5.13 Å². The number of benzene rings is 2. The number of carbonyl (C=O) groups is 2. The van der Waals surface area contributed by atoms with E-state index in [1.807, 2.05) is 18.2 Å². The number of carbonyl (C=O) groups excluding carboxylic acids is 1. The number of amides is 1. The van der Waals surface area contributed by atoms with Crippen LogP contribution in [-0.4, -0.2) is 22.0 Å².